The number of hydrogen-bond acceptors (Lipinski definition) is 4. The van der Waals surface area contributed by atoms with Gasteiger partial charge < -0.3 is 14.5 Å². The van der Waals surface area contributed by atoms with Crippen molar-refractivity contribution in [2.24, 2.45) is 0 Å². The minimum atomic E-state index is -0.432. The van der Waals surface area contributed by atoms with Gasteiger partial charge in [-0.1, -0.05) is 18.2 Å². The first kappa shape index (κ1) is 19.8. The average molecular weight is 385 g/mol. The second kappa shape index (κ2) is 9.30. The maximum Gasteiger partial charge on any atom is 0.409 e. The molecule has 1 atom stereocenters. The first-order valence-electron chi connectivity index (χ1n) is 9.43. The number of carbonyl (C=O) groups excluding carboxylic acids is 2. The highest BCUT2D eigenvalue weighted by molar-refractivity contribution is 5.84. The second-order valence-electron chi connectivity index (χ2n) is 6.68. The van der Waals surface area contributed by atoms with Crippen molar-refractivity contribution in [1.29, 1.82) is 0 Å². The van der Waals surface area contributed by atoms with Gasteiger partial charge in [0.25, 0.3) is 0 Å². The van der Waals surface area contributed by atoms with Crippen LogP contribution in [0.4, 0.5) is 9.18 Å². The highest BCUT2D eigenvalue weighted by Gasteiger charge is 2.30. The number of aromatic nitrogens is 1. The minimum Gasteiger partial charge on any atom is -0.450 e. The fourth-order valence-electron chi connectivity index (χ4n) is 3.34. The lowest BCUT2D eigenvalue weighted by Crippen LogP contribution is -2.52. The van der Waals surface area contributed by atoms with Crippen molar-refractivity contribution in [2.45, 2.75) is 19.3 Å². The molecule has 1 aromatic heterocycles. The lowest BCUT2D eigenvalue weighted by Gasteiger charge is -2.36. The van der Waals surface area contributed by atoms with Crippen molar-refractivity contribution in [3.05, 3.63) is 65.7 Å². The van der Waals surface area contributed by atoms with Crippen LogP contribution in [0.1, 0.15) is 24.0 Å². The van der Waals surface area contributed by atoms with Gasteiger partial charge in [0.15, 0.2) is 0 Å². The Kier molecular flexibility index (Phi) is 6.57. The molecule has 2 aromatic rings. The van der Waals surface area contributed by atoms with E-state index in [0.29, 0.717) is 39.2 Å². The van der Waals surface area contributed by atoms with Crippen LogP contribution in [0.3, 0.4) is 0 Å². The maximum absolute atomic E-state index is 13.4. The quantitative estimate of drug-likeness (QED) is 0.794. The van der Waals surface area contributed by atoms with Crippen molar-refractivity contribution in [2.75, 3.05) is 32.8 Å². The highest BCUT2D eigenvalue weighted by atomic mass is 19.1. The number of carbonyl (C=O) groups is 2. The highest BCUT2D eigenvalue weighted by Crippen LogP contribution is 2.24. The number of nitrogens with zero attached hydrogens (tertiary/aromatic N) is 3. The van der Waals surface area contributed by atoms with E-state index in [4.69, 9.17) is 4.74 Å². The fraction of sp³-hybridized carbons (Fsp3) is 0.381. The van der Waals surface area contributed by atoms with Gasteiger partial charge in [-0.2, -0.15) is 0 Å². The second-order valence-corrected chi connectivity index (χ2v) is 6.68. The van der Waals surface area contributed by atoms with Crippen molar-refractivity contribution in [3.63, 3.8) is 0 Å². The molecule has 2 amide bonds. The molecule has 28 heavy (non-hydrogen) atoms. The molecule has 1 unspecified atom stereocenters. The van der Waals surface area contributed by atoms with Crippen LogP contribution in [-0.2, 0) is 16.0 Å². The first-order chi connectivity index (χ1) is 13.6. The van der Waals surface area contributed by atoms with Crippen molar-refractivity contribution >= 4 is 12.0 Å². The van der Waals surface area contributed by atoms with Crippen LogP contribution in [0.15, 0.2) is 48.8 Å². The van der Waals surface area contributed by atoms with Gasteiger partial charge in [0.2, 0.25) is 5.91 Å². The summed E-state index contributed by atoms with van der Waals surface area (Å²) < 4.78 is 18.4. The van der Waals surface area contributed by atoms with Crippen LogP contribution in [0.25, 0.3) is 0 Å². The number of halogens is 1. The summed E-state index contributed by atoms with van der Waals surface area (Å²) >= 11 is 0. The molecule has 0 radical (unpaired) electrons. The summed E-state index contributed by atoms with van der Waals surface area (Å²) in [6.07, 6.45) is 3.56. The first-order valence-corrected chi connectivity index (χ1v) is 9.43. The molecule has 1 aliphatic heterocycles. The largest absolute Gasteiger partial charge is 0.450 e. The number of pyridine rings is 1. The molecule has 2 heterocycles. The Labute approximate surface area is 163 Å². The Morgan fingerprint density at radius 1 is 1.11 bits per heavy atom. The summed E-state index contributed by atoms with van der Waals surface area (Å²) in [6, 6.07) is 9.82. The van der Waals surface area contributed by atoms with E-state index in [1.807, 2.05) is 12.1 Å². The molecule has 6 nitrogen and oxygen atoms in total. The number of piperazine rings is 1. The van der Waals surface area contributed by atoms with Gasteiger partial charge in [-0.25, -0.2) is 9.18 Å². The normalized spacial score (nSPS) is 15.2. The Hall–Kier alpha value is -2.96. The molecule has 1 saturated heterocycles. The summed E-state index contributed by atoms with van der Waals surface area (Å²) in [7, 11) is 0. The topological polar surface area (TPSA) is 62.7 Å². The van der Waals surface area contributed by atoms with Crippen LogP contribution >= 0.6 is 0 Å². The predicted molar refractivity (Wildman–Crippen MR) is 102 cm³/mol. The van der Waals surface area contributed by atoms with Gasteiger partial charge in [-0.3, -0.25) is 9.78 Å². The molecule has 0 bridgehead atoms. The number of ether oxygens (including phenoxy) is 1. The van der Waals surface area contributed by atoms with E-state index in [2.05, 4.69) is 4.98 Å². The average Bonchev–Trinajstić information content (AvgIpc) is 2.73. The van der Waals surface area contributed by atoms with E-state index in [9.17, 15) is 14.0 Å². The standard InChI is InChI=1S/C21H24FN3O3/c1-2-28-21(27)25-12-10-24(11-13-25)20(26)19(14-16-4-3-9-23-15-16)17-5-7-18(22)8-6-17/h3-9,15,19H,2,10-14H2,1H3. The Morgan fingerprint density at radius 3 is 2.39 bits per heavy atom. The predicted octanol–water partition coefficient (Wildman–Crippen LogP) is 2.85. The van der Waals surface area contributed by atoms with E-state index in [1.165, 1.54) is 12.1 Å². The van der Waals surface area contributed by atoms with Gasteiger partial charge in [-0.05, 0) is 42.7 Å². The fourth-order valence-corrected chi connectivity index (χ4v) is 3.34. The lowest BCUT2D eigenvalue weighted by atomic mass is 9.91. The third kappa shape index (κ3) is 4.85. The van der Waals surface area contributed by atoms with Crippen LogP contribution in [0.2, 0.25) is 0 Å². The zero-order valence-electron chi connectivity index (χ0n) is 15.9. The molecule has 3 rings (SSSR count). The molecule has 148 valence electrons. The smallest absolute Gasteiger partial charge is 0.409 e. The molecule has 1 fully saturated rings. The van der Waals surface area contributed by atoms with E-state index in [-0.39, 0.29) is 17.8 Å². The zero-order chi connectivity index (χ0) is 19.9. The molecule has 1 aromatic carbocycles. The van der Waals surface area contributed by atoms with E-state index < -0.39 is 5.92 Å². The monoisotopic (exact) mass is 385 g/mol. The third-order valence-corrected chi connectivity index (χ3v) is 4.85. The van der Waals surface area contributed by atoms with Crippen molar-refractivity contribution in [1.82, 2.24) is 14.8 Å². The summed E-state index contributed by atoms with van der Waals surface area (Å²) in [5.74, 6) is -0.794. The third-order valence-electron chi connectivity index (χ3n) is 4.85. The van der Waals surface area contributed by atoms with Gasteiger partial charge in [0.1, 0.15) is 5.82 Å². The van der Waals surface area contributed by atoms with Crippen molar-refractivity contribution in [3.8, 4) is 0 Å². The number of rotatable bonds is 5. The number of amides is 2. The van der Waals surface area contributed by atoms with Crippen LogP contribution in [0.5, 0.6) is 0 Å². The van der Waals surface area contributed by atoms with Gasteiger partial charge >= 0.3 is 6.09 Å². The van der Waals surface area contributed by atoms with Crippen LogP contribution in [-0.4, -0.2) is 59.6 Å². The molecule has 0 saturated carbocycles. The van der Waals surface area contributed by atoms with Crippen molar-refractivity contribution < 1.29 is 18.7 Å². The molecule has 0 aliphatic carbocycles. The van der Waals surface area contributed by atoms with Crippen LogP contribution < -0.4 is 0 Å². The zero-order valence-corrected chi connectivity index (χ0v) is 15.9. The summed E-state index contributed by atoms with van der Waals surface area (Å²) in [5.41, 5.74) is 1.71. The molecule has 1 aliphatic rings. The van der Waals surface area contributed by atoms with Gasteiger partial charge in [0.05, 0.1) is 12.5 Å². The maximum atomic E-state index is 13.4. The van der Waals surface area contributed by atoms with E-state index in [1.54, 1.807) is 41.2 Å². The number of benzene rings is 1. The Balaban J connectivity index is 1.73. The van der Waals surface area contributed by atoms with Gasteiger partial charge in [-0.15, -0.1) is 0 Å². The minimum absolute atomic E-state index is 0.0287. The lowest BCUT2D eigenvalue weighted by molar-refractivity contribution is -0.134. The molecule has 7 heteroatoms. The van der Waals surface area contributed by atoms with Crippen LogP contribution in [0, 0.1) is 5.82 Å². The Bertz CT molecular complexity index is 790. The number of hydrogen-bond donors (Lipinski definition) is 0. The summed E-state index contributed by atoms with van der Waals surface area (Å²) in [5, 5.41) is 0. The SMILES string of the molecule is CCOC(=O)N1CCN(C(=O)C(Cc2cccnc2)c2ccc(F)cc2)CC1. The van der Waals surface area contributed by atoms with E-state index in [0.717, 1.165) is 11.1 Å². The Morgan fingerprint density at radius 2 is 1.79 bits per heavy atom. The van der Waals surface area contributed by atoms with E-state index >= 15 is 0 Å². The molecular weight excluding hydrogens is 361 g/mol. The molecule has 0 N–H and O–H groups in total. The molecular formula is C21H24FN3O3. The molecule has 0 spiro atoms. The summed E-state index contributed by atoms with van der Waals surface area (Å²) in [6.45, 7) is 3.87. The van der Waals surface area contributed by atoms with Gasteiger partial charge in [0, 0.05) is 38.6 Å². The summed E-state index contributed by atoms with van der Waals surface area (Å²) in [4.78, 5) is 32.6.